The lowest BCUT2D eigenvalue weighted by Crippen LogP contribution is -2.40. The summed E-state index contributed by atoms with van der Waals surface area (Å²) in [6.07, 6.45) is 0. The van der Waals surface area contributed by atoms with Crippen LogP contribution in [0.1, 0.15) is 0 Å². The predicted molar refractivity (Wildman–Crippen MR) is 31.3 cm³/mol. The summed E-state index contributed by atoms with van der Waals surface area (Å²) >= 11 is -4.37. The maximum absolute atomic E-state index is 11.9. The van der Waals surface area contributed by atoms with E-state index in [2.05, 4.69) is 8.20 Å². The molecule has 1 fully saturated rings. The van der Waals surface area contributed by atoms with Gasteiger partial charge in [0.05, 0.1) is 0 Å². The van der Waals surface area contributed by atoms with Crippen molar-refractivity contribution >= 4 is 29.3 Å². The molecule has 0 bridgehead atoms. The van der Waals surface area contributed by atoms with Crippen LogP contribution in [-0.2, 0) is 30.4 Å². The molecule has 4 nitrogen and oxygen atoms in total. The molecule has 1 rings (SSSR count). The first kappa shape index (κ1) is 8.24. The second kappa shape index (κ2) is 2.64. The largest absolute Gasteiger partial charge is 0.626 e. The number of rotatable bonds is 0. The highest BCUT2D eigenvalue weighted by atomic mass is 32.3. The quantitative estimate of drug-likeness (QED) is 0.493. The van der Waals surface area contributed by atoms with Gasteiger partial charge in [0.1, 0.15) is 27.2 Å². The van der Waals surface area contributed by atoms with Gasteiger partial charge >= 0.3 is 7.11 Å². The Kier molecular flexibility index (Phi) is 2.18. The fourth-order valence-corrected chi connectivity index (χ4v) is 2.10. The smallest absolute Gasteiger partial charge is 0.424 e. The van der Waals surface area contributed by atoms with Crippen molar-refractivity contribution in [2.24, 2.45) is 0 Å². The van der Waals surface area contributed by atoms with E-state index < -0.39 is 34.4 Å². The van der Waals surface area contributed by atoms with E-state index in [1.165, 1.54) is 0 Å². The molecule has 1 saturated heterocycles. The minimum atomic E-state index is -4.58. The first-order valence-electron chi connectivity index (χ1n) is 2.15. The normalized spacial score (nSPS) is 39.4. The number of hydrogen-bond donors (Lipinski definition) is 0. The van der Waals surface area contributed by atoms with Gasteiger partial charge in [0.25, 0.3) is 0 Å². The monoisotopic (exact) mass is 191 g/mol. The van der Waals surface area contributed by atoms with E-state index in [4.69, 9.17) is 0 Å². The van der Waals surface area contributed by atoms with Crippen LogP contribution < -0.4 is 0 Å². The van der Waals surface area contributed by atoms with Crippen molar-refractivity contribution in [3.05, 3.63) is 0 Å². The Morgan fingerprint density at radius 3 is 1.90 bits per heavy atom. The standard InChI is InChI=1S/CH2BF2O4S2/c3-2(4)7-9(5)1-10(6)8-2/h1H2/q-1. The SMILES string of the molecule is O=S1CS(=O)O[B-](F)(F)O1. The van der Waals surface area contributed by atoms with E-state index in [0.29, 0.717) is 0 Å². The van der Waals surface area contributed by atoms with E-state index in [1.807, 2.05) is 0 Å². The minimum Gasteiger partial charge on any atom is -0.424 e. The van der Waals surface area contributed by atoms with E-state index >= 15 is 0 Å². The molecule has 9 heteroatoms. The van der Waals surface area contributed by atoms with Crippen LogP contribution in [0.4, 0.5) is 8.63 Å². The van der Waals surface area contributed by atoms with Crippen LogP contribution in [0.3, 0.4) is 0 Å². The zero-order valence-electron chi connectivity index (χ0n) is 4.49. The fraction of sp³-hybridized carbons (Fsp3) is 1.00. The van der Waals surface area contributed by atoms with Crippen molar-refractivity contribution in [2.75, 3.05) is 5.08 Å². The van der Waals surface area contributed by atoms with E-state index in [9.17, 15) is 17.0 Å². The second-order valence-electron chi connectivity index (χ2n) is 1.45. The van der Waals surface area contributed by atoms with Gasteiger partial charge in [-0.1, -0.05) is 0 Å². The summed E-state index contributed by atoms with van der Waals surface area (Å²) < 4.78 is 51.4. The third-order valence-corrected chi connectivity index (χ3v) is 3.05. The lowest BCUT2D eigenvalue weighted by Gasteiger charge is -2.27. The van der Waals surface area contributed by atoms with Crippen LogP contribution in [0.15, 0.2) is 0 Å². The molecule has 0 amide bonds. The molecule has 0 radical (unpaired) electrons. The van der Waals surface area contributed by atoms with Crippen molar-refractivity contribution < 1.29 is 25.3 Å². The third kappa shape index (κ3) is 2.08. The van der Waals surface area contributed by atoms with Gasteiger partial charge in [0, 0.05) is 0 Å². The molecule has 0 spiro atoms. The molecule has 0 N–H and O–H groups in total. The first-order chi connectivity index (χ1) is 4.49. The van der Waals surface area contributed by atoms with Crippen molar-refractivity contribution in [1.82, 2.24) is 0 Å². The average Bonchev–Trinajstić information content (AvgIpc) is 1.54. The molecule has 1 heterocycles. The molecular formula is CH2BF2O4S2-. The zero-order valence-corrected chi connectivity index (χ0v) is 6.12. The molecule has 1 aliphatic rings. The maximum Gasteiger partial charge on any atom is 0.626 e. The van der Waals surface area contributed by atoms with E-state index in [0.717, 1.165) is 0 Å². The van der Waals surface area contributed by atoms with Gasteiger partial charge in [-0.15, -0.1) is 0 Å². The highest BCUT2D eigenvalue weighted by Crippen LogP contribution is 2.19. The summed E-state index contributed by atoms with van der Waals surface area (Å²) in [4.78, 5) is 0. The summed E-state index contributed by atoms with van der Waals surface area (Å²) in [6.45, 7) is 0. The van der Waals surface area contributed by atoms with Crippen molar-refractivity contribution in [1.29, 1.82) is 0 Å². The molecule has 2 atom stereocenters. The van der Waals surface area contributed by atoms with Gasteiger partial charge in [0.2, 0.25) is 0 Å². The average molecular weight is 191 g/mol. The third-order valence-electron chi connectivity index (χ3n) is 0.631. The molecule has 10 heavy (non-hydrogen) atoms. The molecule has 60 valence electrons. The Bertz CT molecular complexity index is 176. The first-order valence-corrected chi connectivity index (χ1v) is 4.64. The van der Waals surface area contributed by atoms with Gasteiger partial charge < -0.3 is 16.8 Å². The highest BCUT2D eigenvalue weighted by Gasteiger charge is 2.38. The van der Waals surface area contributed by atoms with Gasteiger partial charge in [0.15, 0.2) is 0 Å². The van der Waals surface area contributed by atoms with Crippen LogP contribution in [-0.4, -0.2) is 20.6 Å². The van der Waals surface area contributed by atoms with Crippen molar-refractivity contribution in [3.8, 4) is 0 Å². The Morgan fingerprint density at radius 2 is 1.60 bits per heavy atom. The Morgan fingerprint density at radius 1 is 1.20 bits per heavy atom. The summed E-state index contributed by atoms with van der Waals surface area (Å²) in [6, 6.07) is 0. The molecule has 1 aliphatic heterocycles. The van der Waals surface area contributed by atoms with Crippen LogP contribution in [0.2, 0.25) is 0 Å². The molecule has 2 unspecified atom stereocenters. The Labute approximate surface area is 60.3 Å². The van der Waals surface area contributed by atoms with E-state index in [-0.39, 0.29) is 0 Å². The lowest BCUT2D eigenvalue weighted by molar-refractivity contribution is 0.263. The Hall–Kier alpha value is 0.145. The van der Waals surface area contributed by atoms with Gasteiger partial charge in [-0.25, -0.2) is 8.42 Å². The van der Waals surface area contributed by atoms with Crippen molar-refractivity contribution in [2.45, 2.75) is 0 Å². The summed E-state index contributed by atoms with van der Waals surface area (Å²) in [5.74, 6) is 0. The number of hydrogen-bond acceptors (Lipinski definition) is 4. The fourth-order valence-electron chi connectivity index (χ4n) is 0.400. The van der Waals surface area contributed by atoms with Gasteiger partial charge in [-0.05, 0) is 0 Å². The minimum absolute atomic E-state index is 0.517. The van der Waals surface area contributed by atoms with Gasteiger partial charge in [-0.3, -0.25) is 0 Å². The number of halogens is 2. The summed E-state index contributed by atoms with van der Waals surface area (Å²) in [5.41, 5.74) is 0. The van der Waals surface area contributed by atoms with Crippen LogP contribution in [0.25, 0.3) is 0 Å². The lowest BCUT2D eigenvalue weighted by atomic mass is 10.2. The molecular weight excluding hydrogens is 189 g/mol. The predicted octanol–water partition coefficient (Wildman–Crippen LogP) is -0.307. The van der Waals surface area contributed by atoms with Crippen molar-refractivity contribution in [3.63, 3.8) is 0 Å². The highest BCUT2D eigenvalue weighted by molar-refractivity contribution is 7.99. The van der Waals surface area contributed by atoms with Crippen LogP contribution in [0, 0.1) is 0 Å². The van der Waals surface area contributed by atoms with Gasteiger partial charge in [-0.2, -0.15) is 0 Å². The molecule has 0 saturated carbocycles. The van der Waals surface area contributed by atoms with Crippen LogP contribution >= 0.6 is 0 Å². The maximum atomic E-state index is 11.9. The second-order valence-corrected chi connectivity index (χ2v) is 4.00. The van der Waals surface area contributed by atoms with Crippen LogP contribution in [0.5, 0.6) is 0 Å². The summed E-state index contributed by atoms with van der Waals surface area (Å²) in [7, 11) is -4.58. The molecule has 0 aromatic carbocycles. The zero-order chi connectivity index (χ0) is 7.78. The molecule has 0 aromatic heterocycles. The van der Waals surface area contributed by atoms with E-state index in [1.54, 1.807) is 0 Å². The molecule has 0 aromatic rings. The Balaban J connectivity index is 2.68. The summed E-state index contributed by atoms with van der Waals surface area (Å²) in [5, 5.41) is -0.517. The topological polar surface area (TPSA) is 52.6 Å². The molecule has 0 aliphatic carbocycles.